The Labute approximate surface area is 99.6 Å². The smallest absolute Gasteiger partial charge is 0.113 e. The summed E-state index contributed by atoms with van der Waals surface area (Å²) in [5, 5.41) is 18.1. The molecule has 1 aliphatic rings. The molecule has 0 unspecified atom stereocenters. The molecule has 2 aromatic rings. The van der Waals surface area contributed by atoms with Crippen molar-refractivity contribution in [2.24, 2.45) is 0 Å². The number of rotatable bonds is 3. The molecular formula is C12H16N4O. The highest BCUT2D eigenvalue weighted by atomic mass is 16.3. The van der Waals surface area contributed by atoms with Crippen molar-refractivity contribution in [3.8, 4) is 0 Å². The molecule has 5 heteroatoms. The molecule has 17 heavy (non-hydrogen) atoms. The predicted octanol–water partition coefficient (Wildman–Crippen LogP) is 0.845. The highest BCUT2D eigenvalue weighted by Crippen LogP contribution is 2.17. The minimum absolute atomic E-state index is 0.223. The first-order valence-electron chi connectivity index (χ1n) is 6.01. The van der Waals surface area contributed by atoms with E-state index in [1.807, 2.05) is 24.3 Å². The van der Waals surface area contributed by atoms with Crippen LogP contribution in [0.5, 0.6) is 0 Å². The third kappa shape index (κ3) is 2.03. The quantitative estimate of drug-likeness (QED) is 0.852. The van der Waals surface area contributed by atoms with Crippen LogP contribution in [0.1, 0.15) is 12.8 Å². The van der Waals surface area contributed by atoms with Gasteiger partial charge >= 0.3 is 0 Å². The minimum Gasteiger partial charge on any atom is -0.395 e. The lowest BCUT2D eigenvalue weighted by Gasteiger charge is -2.21. The second kappa shape index (κ2) is 4.43. The minimum atomic E-state index is 0.223. The van der Waals surface area contributed by atoms with Gasteiger partial charge in [-0.2, -0.15) is 15.0 Å². The van der Waals surface area contributed by atoms with E-state index in [0.717, 1.165) is 30.4 Å². The monoisotopic (exact) mass is 232 g/mol. The summed E-state index contributed by atoms with van der Waals surface area (Å²) in [6.45, 7) is 1.91. The molecule has 0 spiro atoms. The zero-order valence-electron chi connectivity index (χ0n) is 9.66. The topological polar surface area (TPSA) is 54.2 Å². The van der Waals surface area contributed by atoms with Gasteiger partial charge in [-0.05, 0) is 25.0 Å². The van der Waals surface area contributed by atoms with E-state index >= 15 is 0 Å². The lowest BCUT2D eigenvalue weighted by molar-refractivity contribution is 0.120. The van der Waals surface area contributed by atoms with Crippen molar-refractivity contribution in [2.75, 3.05) is 13.2 Å². The van der Waals surface area contributed by atoms with Crippen molar-refractivity contribution in [1.82, 2.24) is 19.9 Å². The molecule has 0 aliphatic carbocycles. The van der Waals surface area contributed by atoms with E-state index in [0.29, 0.717) is 6.67 Å². The summed E-state index contributed by atoms with van der Waals surface area (Å²) in [6.07, 6.45) is 2.21. The molecule has 1 aromatic heterocycles. The SMILES string of the molecule is OC[C@@H]1CCCN1Cn1nc2ccccc2n1. The summed E-state index contributed by atoms with van der Waals surface area (Å²) in [5.74, 6) is 0. The normalized spacial score (nSPS) is 21.4. The Morgan fingerprint density at radius 3 is 2.59 bits per heavy atom. The molecule has 1 N–H and O–H groups in total. The Hall–Kier alpha value is -1.46. The fourth-order valence-corrected chi connectivity index (χ4v) is 2.42. The summed E-state index contributed by atoms with van der Waals surface area (Å²) in [4.78, 5) is 3.96. The number of nitrogens with zero attached hydrogens (tertiary/aromatic N) is 4. The summed E-state index contributed by atoms with van der Waals surface area (Å²) in [5.41, 5.74) is 1.85. The van der Waals surface area contributed by atoms with Crippen LogP contribution in [0.25, 0.3) is 11.0 Å². The molecule has 0 radical (unpaired) electrons. The molecule has 0 saturated carbocycles. The van der Waals surface area contributed by atoms with Crippen molar-refractivity contribution in [3.05, 3.63) is 24.3 Å². The van der Waals surface area contributed by atoms with Crippen molar-refractivity contribution >= 4 is 11.0 Å². The van der Waals surface area contributed by atoms with Crippen LogP contribution in [0.2, 0.25) is 0 Å². The second-order valence-electron chi connectivity index (χ2n) is 4.49. The van der Waals surface area contributed by atoms with Crippen LogP contribution in [-0.4, -0.2) is 44.2 Å². The van der Waals surface area contributed by atoms with Crippen LogP contribution >= 0.6 is 0 Å². The number of hydrogen-bond donors (Lipinski definition) is 1. The number of aliphatic hydroxyl groups excluding tert-OH is 1. The fourth-order valence-electron chi connectivity index (χ4n) is 2.42. The molecule has 3 rings (SSSR count). The van der Waals surface area contributed by atoms with Gasteiger partial charge in [0, 0.05) is 12.6 Å². The van der Waals surface area contributed by atoms with E-state index in [2.05, 4.69) is 15.1 Å². The third-order valence-electron chi connectivity index (χ3n) is 3.35. The summed E-state index contributed by atoms with van der Waals surface area (Å²) in [7, 11) is 0. The lowest BCUT2D eigenvalue weighted by Crippen LogP contribution is -2.34. The average Bonchev–Trinajstić information content (AvgIpc) is 2.94. The Balaban J connectivity index is 1.80. The molecule has 5 nitrogen and oxygen atoms in total. The molecule has 0 bridgehead atoms. The van der Waals surface area contributed by atoms with E-state index < -0.39 is 0 Å². The van der Waals surface area contributed by atoms with Gasteiger partial charge in [0.2, 0.25) is 0 Å². The highest BCUT2D eigenvalue weighted by Gasteiger charge is 2.24. The number of likely N-dealkylation sites (tertiary alicyclic amines) is 1. The summed E-state index contributed by atoms with van der Waals surface area (Å²) >= 11 is 0. The number of hydrogen-bond acceptors (Lipinski definition) is 4. The van der Waals surface area contributed by atoms with Gasteiger partial charge in [-0.15, -0.1) is 0 Å². The maximum atomic E-state index is 9.26. The summed E-state index contributed by atoms with van der Waals surface area (Å²) < 4.78 is 0. The van der Waals surface area contributed by atoms with Gasteiger partial charge < -0.3 is 5.11 Å². The van der Waals surface area contributed by atoms with E-state index in [1.54, 1.807) is 4.80 Å². The molecule has 1 aromatic carbocycles. The molecular weight excluding hydrogens is 216 g/mol. The number of aromatic nitrogens is 3. The largest absolute Gasteiger partial charge is 0.395 e. The van der Waals surface area contributed by atoms with E-state index in [-0.39, 0.29) is 12.6 Å². The van der Waals surface area contributed by atoms with E-state index in [4.69, 9.17) is 0 Å². The third-order valence-corrected chi connectivity index (χ3v) is 3.35. The Bertz CT molecular complexity index is 477. The van der Waals surface area contributed by atoms with Crippen LogP contribution < -0.4 is 0 Å². The molecule has 1 fully saturated rings. The van der Waals surface area contributed by atoms with Gasteiger partial charge in [0.25, 0.3) is 0 Å². The van der Waals surface area contributed by atoms with Gasteiger partial charge in [-0.3, -0.25) is 4.90 Å². The first kappa shape index (κ1) is 10.7. The van der Waals surface area contributed by atoms with Gasteiger partial charge in [-0.25, -0.2) is 0 Å². The Kier molecular flexibility index (Phi) is 2.78. The fraction of sp³-hybridized carbons (Fsp3) is 0.500. The van der Waals surface area contributed by atoms with Gasteiger partial charge in [0.15, 0.2) is 0 Å². The van der Waals surface area contributed by atoms with Crippen molar-refractivity contribution < 1.29 is 5.11 Å². The zero-order chi connectivity index (χ0) is 11.7. The zero-order valence-corrected chi connectivity index (χ0v) is 9.66. The number of fused-ring (bicyclic) bond motifs is 1. The molecule has 1 saturated heterocycles. The molecule has 1 aliphatic heterocycles. The maximum absolute atomic E-state index is 9.26. The molecule has 0 amide bonds. The number of benzene rings is 1. The van der Waals surface area contributed by atoms with E-state index in [9.17, 15) is 5.11 Å². The van der Waals surface area contributed by atoms with Crippen LogP contribution in [0.4, 0.5) is 0 Å². The predicted molar refractivity (Wildman–Crippen MR) is 64.3 cm³/mol. The van der Waals surface area contributed by atoms with Crippen LogP contribution in [0.3, 0.4) is 0 Å². The summed E-state index contributed by atoms with van der Waals surface area (Å²) in [6, 6.07) is 8.13. The van der Waals surface area contributed by atoms with Crippen molar-refractivity contribution in [3.63, 3.8) is 0 Å². The molecule has 1 atom stereocenters. The first-order chi connectivity index (χ1) is 8.36. The standard InChI is InChI=1S/C12H16N4O/c17-8-10-4-3-7-15(10)9-16-13-11-5-1-2-6-12(11)14-16/h1-2,5-6,10,17H,3-4,7-9H2/t10-/m0/s1. The average molecular weight is 232 g/mol. The Morgan fingerprint density at radius 2 is 1.94 bits per heavy atom. The maximum Gasteiger partial charge on any atom is 0.113 e. The Morgan fingerprint density at radius 1 is 1.24 bits per heavy atom. The van der Waals surface area contributed by atoms with E-state index in [1.165, 1.54) is 0 Å². The van der Waals surface area contributed by atoms with Gasteiger partial charge in [0.05, 0.1) is 6.61 Å². The molecule has 90 valence electrons. The van der Waals surface area contributed by atoms with Crippen molar-refractivity contribution in [2.45, 2.75) is 25.6 Å². The van der Waals surface area contributed by atoms with Crippen LogP contribution in [-0.2, 0) is 6.67 Å². The first-order valence-corrected chi connectivity index (χ1v) is 6.01. The second-order valence-corrected chi connectivity index (χ2v) is 4.49. The number of aliphatic hydroxyl groups is 1. The van der Waals surface area contributed by atoms with Crippen LogP contribution in [0, 0.1) is 0 Å². The van der Waals surface area contributed by atoms with Gasteiger partial charge in [0.1, 0.15) is 17.7 Å². The highest BCUT2D eigenvalue weighted by molar-refractivity contribution is 5.72. The molecule has 2 heterocycles. The van der Waals surface area contributed by atoms with Crippen LogP contribution in [0.15, 0.2) is 24.3 Å². The van der Waals surface area contributed by atoms with Gasteiger partial charge in [-0.1, -0.05) is 12.1 Å². The lowest BCUT2D eigenvalue weighted by atomic mass is 10.2. The van der Waals surface area contributed by atoms with Crippen molar-refractivity contribution in [1.29, 1.82) is 0 Å².